The Labute approximate surface area is 154 Å². The summed E-state index contributed by atoms with van der Waals surface area (Å²) in [6, 6.07) is 6.37. The molecule has 0 bridgehead atoms. The molecule has 2 N–H and O–H groups in total. The highest BCUT2D eigenvalue weighted by molar-refractivity contribution is 6.04. The molecule has 0 atom stereocenters. The van der Waals surface area contributed by atoms with Crippen LogP contribution in [-0.4, -0.2) is 30.6 Å². The average Bonchev–Trinajstić information content (AvgIpc) is 2.67. The van der Waals surface area contributed by atoms with E-state index in [4.69, 9.17) is 4.74 Å². The fourth-order valence-corrected chi connectivity index (χ4v) is 2.88. The first-order valence-electron chi connectivity index (χ1n) is 8.69. The molecule has 5 nitrogen and oxygen atoms in total. The summed E-state index contributed by atoms with van der Waals surface area (Å²) in [7, 11) is 0. The second-order valence-electron chi connectivity index (χ2n) is 6.44. The minimum Gasteiger partial charge on any atom is -0.493 e. The number of aromatic nitrogens is 1. The van der Waals surface area contributed by atoms with Gasteiger partial charge in [-0.3, -0.25) is 9.78 Å². The summed E-state index contributed by atoms with van der Waals surface area (Å²) in [5, 5.41) is 5.71. The largest absolute Gasteiger partial charge is 0.493 e. The molecular weight excluding hydrogens is 359 g/mol. The lowest BCUT2D eigenvalue weighted by Gasteiger charge is -2.23. The predicted molar refractivity (Wildman–Crippen MR) is 94.7 cm³/mol. The fraction of sp³-hybridized carbons (Fsp3) is 0.368. The highest BCUT2D eigenvalue weighted by atomic mass is 19.4. The number of hydrogen-bond acceptors (Lipinski definition) is 4. The molecule has 2 aromatic rings. The minimum atomic E-state index is -4.54. The van der Waals surface area contributed by atoms with Gasteiger partial charge in [-0.1, -0.05) is 0 Å². The zero-order valence-electron chi connectivity index (χ0n) is 14.6. The van der Waals surface area contributed by atoms with Crippen molar-refractivity contribution in [2.24, 2.45) is 5.92 Å². The van der Waals surface area contributed by atoms with Gasteiger partial charge >= 0.3 is 6.18 Å². The van der Waals surface area contributed by atoms with Crippen molar-refractivity contribution in [3.63, 3.8) is 0 Å². The lowest BCUT2D eigenvalue weighted by molar-refractivity contribution is -0.137. The monoisotopic (exact) mass is 379 g/mol. The number of nitrogens with one attached hydrogen (secondary N) is 2. The molecule has 8 heteroatoms. The maximum absolute atomic E-state index is 13.2. The average molecular weight is 379 g/mol. The van der Waals surface area contributed by atoms with E-state index < -0.39 is 17.6 Å². The van der Waals surface area contributed by atoms with Crippen molar-refractivity contribution in [2.45, 2.75) is 19.0 Å². The van der Waals surface area contributed by atoms with Crippen molar-refractivity contribution in [2.75, 3.05) is 25.0 Å². The number of carbonyl (C=O) groups excluding carboxylic acids is 1. The van der Waals surface area contributed by atoms with Crippen LogP contribution in [0.4, 0.5) is 18.9 Å². The molecule has 1 aromatic heterocycles. The van der Waals surface area contributed by atoms with Crippen molar-refractivity contribution < 1.29 is 22.7 Å². The van der Waals surface area contributed by atoms with Crippen LogP contribution in [0.5, 0.6) is 5.75 Å². The lowest BCUT2D eigenvalue weighted by atomic mass is 9.99. The van der Waals surface area contributed by atoms with Crippen LogP contribution in [0.2, 0.25) is 0 Å². The van der Waals surface area contributed by atoms with Crippen molar-refractivity contribution in [1.82, 2.24) is 10.3 Å². The van der Waals surface area contributed by atoms with Crippen LogP contribution in [0.3, 0.4) is 0 Å². The molecule has 1 saturated heterocycles. The first-order valence-corrected chi connectivity index (χ1v) is 8.69. The quantitative estimate of drug-likeness (QED) is 0.831. The van der Waals surface area contributed by atoms with E-state index in [0.717, 1.165) is 38.1 Å². The Hall–Kier alpha value is -2.61. The number of benzene rings is 1. The Morgan fingerprint density at radius 2 is 2.04 bits per heavy atom. The second-order valence-corrected chi connectivity index (χ2v) is 6.44. The smallest absolute Gasteiger partial charge is 0.416 e. The standard InChI is InChI=1S/C19H20F3N3O2/c20-19(21,22)15-8-16(25-18(26)14-2-1-5-24-11-14)10-17(9-15)27-12-13-3-6-23-7-4-13/h1-2,5,8-11,13,23H,3-4,6-7,12H2,(H,25,26). The third-order valence-electron chi connectivity index (χ3n) is 4.36. The topological polar surface area (TPSA) is 63.2 Å². The number of pyridine rings is 1. The first kappa shape index (κ1) is 19.2. The van der Waals surface area contributed by atoms with Crippen LogP contribution in [0.1, 0.15) is 28.8 Å². The van der Waals surface area contributed by atoms with E-state index in [9.17, 15) is 18.0 Å². The molecule has 3 rings (SSSR count). The van der Waals surface area contributed by atoms with Gasteiger partial charge in [0.15, 0.2) is 0 Å². The number of alkyl halides is 3. The maximum atomic E-state index is 13.2. The summed E-state index contributed by atoms with van der Waals surface area (Å²) >= 11 is 0. The number of hydrogen-bond donors (Lipinski definition) is 2. The Morgan fingerprint density at radius 3 is 2.70 bits per heavy atom. The van der Waals surface area contributed by atoms with Gasteiger partial charge in [-0.15, -0.1) is 0 Å². The van der Waals surface area contributed by atoms with Gasteiger partial charge in [0, 0.05) is 24.1 Å². The normalized spacial score (nSPS) is 15.4. The number of piperidine rings is 1. The van der Waals surface area contributed by atoms with E-state index in [1.807, 2.05) is 0 Å². The highest BCUT2D eigenvalue weighted by Crippen LogP contribution is 2.34. The van der Waals surface area contributed by atoms with Gasteiger partial charge in [-0.05, 0) is 56.1 Å². The fourth-order valence-electron chi connectivity index (χ4n) is 2.88. The van der Waals surface area contributed by atoms with E-state index in [1.54, 1.807) is 6.07 Å². The molecule has 1 aromatic carbocycles. The number of anilines is 1. The van der Waals surface area contributed by atoms with Crippen LogP contribution in [0.15, 0.2) is 42.7 Å². The molecule has 27 heavy (non-hydrogen) atoms. The van der Waals surface area contributed by atoms with Gasteiger partial charge < -0.3 is 15.4 Å². The zero-order valence-corrected chi connectivity index (χ0v) is 14.6. The number of amides is 1. The van der Waals surface area contributed by atoms with Gasteiger partial charge in [0.25, 0.3) is 5.91 Å². The molecule has 0 saturated carbocycles. The highest BCUT2D eigenvalue weighted by Gasteiger charge is 2.32. The molecule has 1 aliphatic heterocycles. The number of ether oxygens (including phenoxy) is 1. The molecule has 144 valence electrons. The summed E-state index contributed by atoms with van der Waals surface area (Å²) in [6.07, 6.45) is 0.153. The van der Waals surface area contributed by atoms with Crippen molar-refractivity contribution in [3.05, 3.63) is 53.9 Å². The van der Waals surface area contributed by atoms with Gasteiger partial charge in [0.05, 0.1) is 17.7 Å². The minimum absolute atomic E-state index is 0.0268. The molecular formula is C19H20F3N3O2. The van der Waals surface area contributed by atoms with E-state index in [0.29, 0.717) is 12.5 Å². The maximum Gasteiger partial charge on any atom is 0.416 e. The molecule has 0 radical (unpaired) electrons. The molecule has 0 unspecified atom stereocenters. The molecule has 1 fully saturated rings. The van der Waals surface area contributed by atoms with Crippen molar-refractivity contribution >= 4 is 11.6 Å². The van der Waals surface area contributed by atoms with E-state index >= 15 is 0 Å². The van der Waals surface area contributed by atoms with Gasteiger partial charge in [-0.2, -0.15) is 13.2 Å². The number of halogens is 3. The molecule has 0 spiro atoms. The van der Waals surface area contributed by atoms with E-state index in [-0.39, 0.29) is 17.0 Å². The molecule has 0 aliphatic carbocycles. The SMILES string of the molecule is O=C(Nc1cc(OCC2CCNCC2)cc(C(F)(F)F)c1)c1cccnc1. The van der Waals surface area contributed by atoms with Crippen LogP contribution >= 0.6 is 0 Å². The van der Waals surface area contributed by atoms with Crippen LogP contribution < -0.4 is 15.4 Å². The summed E-state index contributed by atoms with van der Waals surface area (Å²) < 4.78 is 45.3. The van der Waals surface area contributed by atoms with Crippen LogP contribution in [0.25, 0.3) is 0 Å². The second kappa shape index (κ2) is 8.39. The summed E-state index contributed by atoms with van der Waals surface area (Å²) in [5.74, 6) is -0.147. The van der Waals surface area contributed by atoms with E-state index in [2.05, 4.69) is 15.6 Å². The Balaban J connectivity index is 1.76. The van der Waals surface area contributed by atoms with Gasteiger partial charge in [0.1, 0.15) is 5.75 Å². The third kappa shape index (κ3) is 5.43. The van der Waals surface area contributed by atoms with E-state index in [1.165, 1.54) is 24.5 Å². The molecule has 1 aliphatic rings. The summed E-state index contributed by atoms with van der Waals surface area (Å²) in [6.45, 7) is 2.10. The van der Waals surface area contributed by atoms with Crippen LogP contribution in [0, 0.1) is 5.92 Å². The van der Waals surface area contributed by atoms with Crippen LogP contribution in [-0.2, 0) is 6.18 Å². The predicted octanol–water partition coefficient (Wildman–Crippen LogP) is 3.73. The third-order valence-corrected chi connectivity index (χ3v) is 4.36. The molecule has 2 heterocycles. The summed E-state index contributed by atoms with van der Waals surface area (Å²) in [5.41, 5.74) is -0.585. The zero-order chi connectivity index (χ0) is 19.3. The Morgan fingerprint density at radius 1 is 1.26 bits per heavy atom. The first-order chi connectivity index (χ1) is 12.9. The Bertz CT molecular complexity index is 776. The number of rotatable bonds is 5. The van der Waals surface area contributed by atoms with Gasteiger partial charge in [0.2, 0.25) is 0 Å². The van der Waals surface area contributed by atoms with Gasteiger partial charge in [-0.25, -0.2) is 0 Å². The van der Waals surface area contributed by atoms with Crippen molar-refractivity contribution in [1.29, 1.82) is 0 Å². The lowest BCUT2D eigenvalue weighted by Crippen LogP contribution is -2.30. The summed E-state index contributed by atoms with van der Waals surface area (Å²) in [4.78, 5) is 16.0. The number of carbonyl (C=O) groups is 1. The Kier molecular flexibility index (Phi) is 5.95. The van der Waals surface area contributed by atoms with Crippen molar-refractivity contribution in [3.8, 4) is 5.75 Å². The number of nitrogens with zero attached hydrogens (tertiary/aromatic N) is 1. The molecule has 1 amide bonds.